The monoisotopic (exact) mass is 746 g/mol. The Morgan fingerprint density at radius 3 is 2.27 bits per heavy atom. The first-order valence-electron chi connectivity index (χ1n) is 18.7. The number of alkyl carbamates (subject to hydrolysis) is 1. The summed E-state index contributed by atoms with van der Waals surface area (Å²) >= 11 is 0. The molecule has 5 atom stereocenters. The third-order valence-electron chi connectivity index (χ3n) is 9.60. The summed E-state index contributed by atoms with van der Waals surface area (Å²) in [5.41, 5.74) is 5.37. The highest BCUT2D eigenvalue weighted by atomic mass is 16.6. The number of para-hydroxylation sites is 2. The van der Waals surface area contributed by atoms with E-state index in [1.165, 1.54) is 0 Å². The van der Waals surface area contributed by atoms with Gasteiger partial charge in [0, 0.05) is 32.4 Å². The molecule has 3 amide bonds. The fraction of sp³-hybridized carbons (Fsp3) is 0.349. The number of hydrogen-bond acceptors (Lipinski definition) is 8. The second-order valence-corrected chi connectivity index (χ2v) is 15.0. The molecule has 12 heteroatoms. The molecule has 0 saturated heterocycles. The third kappa shape index (κ3) is 10.8. The van der Waals surface area contributed by atoms with Crippen LogP contribution in [-0.4, -0.2) is 68.0 Å². The van der Waals surface area contributed by atoms with E-state index in [1.54, 1.807) is 20.8 Å². The van der Waals surface area contributed by atoms with E-state index in [4.69, 9.17) is 4.74 Å². The molecule has 0 bridgehead atoms. The van der Waals surface area contributed by atoms with Gasteiger partial charge in [-0.05, 0) is 67.1 Å². The van der Waals surface area contributed by atoms with E-state index in [-0.39, 0.29) is 18.9 Å². The molecule has 0 saturated carbocycles. The molecule has 288 valence electrons. The number of nitrogens with zero attached hydrogens (tertiary/aromatic N) is 1. The molecule has 0 aliphatic heterocycles. The molecule has 0 spiro atoms. The van der Waals surface area contributed by atoms with Crippen molar-refractivity contribution in [3.05, 3.63) is 137 Å². The predicted molar refractivity (Wildman–Crippen MR) is 210 cm³/mol. The fourth-order valence-corrected chi connectivity index (χ4v) is 6.82. The highest BCUT2D eigenvalue weighted by molar-refractivity contribution is 5.83. The van der Waals surface area contributed by atoms with Crippen molar-refractivity contribution in [2.24, 2.45) is 0 Å². The number of amides is 3. The normalized spacial score (nSPS) is 16.8. The van der Waals surface area contributed by atoms with Crippen molar-refractivity contribution in [1.29, 1.82) is 0 Å². The van der Waals surface area contributed by atoms with E-state index in [9.17, 15) is 24.6 Å². The minimum atomic E-state index is -1.41. The maximum Gasteiger partial charge on any atom is 0.407 e. The SMILES string of the molecule is CC(C)(C)OC(=O)N[C@@H](Cc1ccccc1)[C@@H](O)[C@@H](NCc1ccc(CNC(=O)CCc2nc3ccccc3[nH]2)cc1)C(=O)NC1c2ccccc2C[C@H]1O. The lowest BCUT2D eigenvalue weighted by Gasteiger charge is -2.32. The van der Waals surface area contributed by atoms with Gasteiger partial charge >= 0.3 is 6.09 Å². The van der Waals surface area contributed by atoms with E-state index < -0.39 is 47.9 Å². The van der Waals surface area contributed by atoms with Crippen LogP contribution in [0.5, 0.6) is 0 Å². The highest BCUT2D eigenvalue weighted by Gasteiger charge is 2.38. The van der Waals surface area contributed by atoms with Gasteiger partial charge in [0.05, 0.1) is 35.3 Å². The van der Waals surface area contributed by atoms with E-state index in [1.807, 2.05) is 103 Å². The number of imidazole rings is 1. The van der Waals surface area contributed by atoms with Crippen molar-refractivity contribution in [3.63, 3.8) is 0 Å². The van der Waals surface area contributed by atoms with Crippen molar-refractivity contribution >= 4 is 28.9 Å². The summed E-state index contributed by atoms with van der Waals surface area (Å²) < 4.78 is 5.53. The van der Waals surface area contributed by atoms with Crippen LogP contribution in [-0.2, 0) is 46.7 Å². The lowest BCUT2D eigenvalue weighted by molar-refractivity contribution is -0.128. The molecule has 4 aromatic carbocycles. The lowest BCUT2D eigenvalue weighted by Crippen LogP contribution is -2.60. The van der Waals surface area contributed by atoms with Gasteiger partial charge in [0.25, 0.3) is 0 Å². The average molecular weight is 747 g/mol. The Bertz CT molecular complexity index is 2030. The quantitative estimate of drug-likeness (QED) is 0.0817. The molecule has 1 aliphatic rings. The summed E-state index contributed by atoms with van der Waals surface area (Å²) in [5, 5.41) is 34.9. The summed E-state index contributed by atoms with van der Waals surface area (Å²) in [6.45, 7) is 5.80. The van der Waals surface area contributed by atoms with Crippen LogP contribution < -0.4 is 21.3 Å². The average Bonchev–Trinajstić information content (AvgIpc) is 3.72. The smallest absolute Gasteiger partial charge is 0.407 e. The molecule has 6 rings (SSSR count). The number of aliphatic hydroxyl groups is 2. The topological polar surface area (TPSA) is 178 Å². The number of H-pyrrole nitrogens is 1. The second-order valence-electron chi connectivity index (χ2n) is 15.0. The molecule has 7 N–H and O–H groups in total. The van der Waals surface area contributed by atoms with Gasteiger partial charge in [-0.15, -0.1) is 0 Å². The molecular formula is C43H50N6O6. The summed E-state index contributed by atoms with van der Waals surface area (Å²) in [4.78, 5) is 47.6. The molecule has 55 heavy (non-hydrogen) atoms. The van der Waals surface area contributed by atoms with Crippen LogP contribution in [0.2, 0.25) is 0 Å². The molecule has 0 fully saturated rings. The van der Waals surface area contributed by atoms with Gasteiger partial charge in [-0.1, -0.05) is 91.0 Å². The van der Waals surface area contributed by atoms with Crippen LogP contribution in [0.4, 0.5) is 4.79 Å². The molecule has 5 aromatic rings. The van der Waals surface area contributed by atoms with Crippen molar-refractivity contribution in [3.8, 4) is 0 Å². The zero-order valence-corrected chi connectivity index (χ0v) is 31.4. The van der Waals surface area contributed by atoms with E-state index >= 15 is 0 Å². The van der Waals surface area contributed by atoms with Crippen molar-refractivity contribution in [2.75, 3.05) is 0 Å². The van der Waals surface area contributed by atoms with Crippen LogP contribution in [0.3, 0.4) is 0 Å². The number of aromatic amines is 1. The molecule has 12 nitrogen and oxygen atoms in total. The predicted octanol–water partition coefficient (Wildman–Crippen LogP) is 4.54. The van der Waals surface area contributed by atoms with E-state index in [2.05, 4.69) is 31.2 Å². The van der Waals surface area contributed by atoms with Crippen LogP contribution in [0.15, 0.2) is 103 Å². The van der Waals surface area contributed by atoms with E-state index in [0.717, 1.165) is 44.7 Å². The van der Waals surface area contributed by atoms with Gasteiger partial charge in [0.2, 0.25) is 11.8 Å². The van der Waals surface area contributed by atoms with Gasteiger partial charge in [-0.25, -0.2) is 9.78 Å². The lowest BCUT2D eigenvalue weighted by atomic mass is 9.95. The summed E-state index contributed by atoms with van der Waals surface area (Å²) in [7, 11) is 0. The molecule has 0 radical (unpaired) electrons. The number of aromatic nitrogens is 2. The summed E-state index contributed by atoms with van der Waals surface area (Å²) in [6.07, 6.45) is -1.55. The minimum absolute atomic E-state index is 0.0888. The number of ether oxygens (including phenoxy) is 1. The third-order valence-corrected chi connectivity index (χ3v) is 9.60. The van der Waals surface area contributed by atoms with Crippen LogP contribution in [0.25, 0.3) is 11.0 Å². The number of carbonyl (C=O) groups excluding carboxylic acids is 3. The minimum Gasteiger partial charge on any atom is -0.444 e. The maximum atomic E-state index is 14.1. The number of hydrogen-bond donors (Lipinski definition) is 7. The number of rotatable bonds is 15. The first-order valence-corrected chi connectivity index (χ1v) is 18.7. The van der Waals surface area contributed by atoms with Crippen molar-refractivity contribution in [1.82, 2.24) is 31.2 Å². The Morgan fingerprint density at radius 1 is 0.873 bits per heavy atom. The maximum absolute atomic E-state index is 14.1. The molecular weight excluding hydrogens is 697 g/mol. The number of fused-ring (bicyclic) bond motifs is 2. The number of carbonyl (C=O) groups is 3. The van der Waals surface area contributed by atoms with Gasteiger partial charge in [-0.3, -0.25) is 14.9 Å². The van der Waals surface area contributed by atoms with Gasteiger partial charge in [0.15, 0.2) is 0 Å². The number of aryl methyl sites for hydroxylation is 1. The Morgan fingerprint density at radius 2 is 1.55 bits per heavy atom. The second kappa shape index (κ2) is 17.7. The first-order chi connectivity index (χ1) is 26.4. The van der Waals surface area contributed by atoms with Gasteiger partial charge in [-0.2, -0.15) is 0 Å². The Kier molecular flexibility index (Phi) is 12.6. The zero-order chi connectivity index (χ0) is 39.0. The molecule has 1 unspecified atom stereocenters. The van der Waals surface area contributed by atoms with Gasteiger partial charge in [0.1, 0.15) is 17.5 Å². The first kappa shape index (κ1) is 39.1. The Balaban J connectivity index is 1.13. The van der Waals surface area contributed by atoms with Crippen LogP contribution in [0.1, 0.15) is 66.9 Å². The van der Waals surface area contributed by atoms with Crippen LogP contribution >= 0.6 is 0 Å². The fourth-order valence-electron chi connectivity index (χ4n) is 6.82. The summed E-state index contributed by atoms with van der Waals surface area (Å²) in [6, 6.07) is 29.5. The number of aliphatic hydroxyl groups excluding tert-OH is 2. The Labute approximate surface area is 321 Å². The van der Waals surface area contributed by atoms with Crippen LogP contribution in [0, 0.1) is 0 Å². The number of nitrogens with one attached hydrogen (secondary N) is 5. The number of benzene rings is 4. The zero-order valence-electron chi connectivity index (χ0n) is 31.4. The Hall–Kier alpha value is -5.56. The largest absolute Gasteiger partial charge is 0.444 e. The van der Waals surface area contributed by atoms with Gasteiger partial charge < -0.3 is 35.9 Å². The molecule has 1 heterocycles. The molecule has 1 aromatic heterocycles. The van der Waals surface area contributed by atoms with Crippen molar-refractivity contribution in [2.45, 2.75) is 95.5 Å². The summed E-state index contributed by atoms with van der Waals surface area (Å²) in [5.74, 6) is 0.148. The standard InChI is InChI=1S/C43H50N6O6/c1-43(2,3)55-42(54)48-34(23-27-11-5-4-6-12-27)40(52)39(41(53)49-38-31-14-8-7-13-30(31)24-35(38)50)45-26-29-19-17-28(18-20-29)25-44-37(51)22-21-36-46-32-15-9-10-16-33(32)47-36/h4-20,34-35,38-40,45,50,52H,21-26H2,1-3H3,(H,44,51)(H,46,47)(H,48,54)(H,49,53)/t34-,35+,38?,39+,40+/m0/s1. The van der Waals surface area contributed by atoms with Crippen molar-refractivity contribution < 1.29 is 29.3 Å². The van der Waals surface area contributed by atoms with E-state index in [0.29, 0.717) is 25.8 Å². The molecule has 1 aliphatic carbocycles. The highest BCUT2D eigenvalue weighted by Crippen LogP contribution is 2.31.